The summed E-state index contributed by atoms with van der Waals surface area (Å²) in [6.45, 7) is 20.0. The predicted molar refractivity (Wildman–Crippen MR) is 245 cm³/mol. The Morgan fingerprint density at radius 1 is 0.768 bits per heavy atom. The Morgan fingerprint density at radius 2 is 1.45 bits per heavy atom. The molecule has 0 aliphatic heterocycles. The maximum absolute atomic E-state index is 6.08. The largest absolute Gasteiger partial charge is 0.376 e. The van der Waals surface area contributed by atoms with E-state index in [0.717, 1.165) is 26.1 Å². The molecule has 4 heteroatoms. The first-order valence-electron chi connectivity index (χ1n) is 22.2. The number of nitrogens with zero attached hydrogens (tertiary/aromatic N) is 1. The van der Waals surface area contributed by atoms with Crippen molar-refractivity contribution in [1.29, 1.82) is 0 Å². The van der Waals surface area contributed by atoms with Gasteiger partial charge < -0.3 is 14.0 Å². The summed E-state index contributed by atoms with van der Waals surface area (Å²) in [6.07, 6.45) is 25.4. The Balaban J connectivity index is 1.17. The number of aromatic nitrogens is 1. The van der Waals surface area contributed by atoms with Crippen LogP contribution in [0.3, 0.4) is 0 Å². The van der Waals surface area contributed by atoms with E-state index in [2.05, 4.69) is 139 Å². The van der Waals surface area contributed by atoms with Gasteiger partial charge in [-0.1, -0.05) is 110 Å². The fraction of sp³-hybridized carbons (Fsp3) is 0.538. The molecule has 4 aromatic rings. The van der Waals surface area contributed by atoms with E-state index in [1.165, 1.54) is 109 Å². The maximum Gasteiger partial charge on any atom is 0.0740 e. The Bertz CT molecular complexity index is 2120. The van der Waals surface area contributed by atoms with E-state index in [9.17, 15) is 0 Å². The first-order chi connectivity index (χ1) is 26.7. The molecule has 3 unspecified atom stereocenters. The summed E-state index contributed by atoms with van der Waals surface area (Å²) in [5.74, 6) is 0. The summed E-state index contributed by atoms with van der Waals surface area (Å²) < 4.78 is 14.4. The van der Waals surface area contributed by atoms with Crippen molar-refractivity contribution in [3.05, 3.63) is 100 Å². The van der Waals surface area contributed by atoms with Crippen LogP contribution < -0.4 is 0 Å². The van der Waals surface area contributed by atoms with E-state index in [-0.39, 0.29) is 11.2 Å². The van der Waals surface area contributed by atoms with E-state index < -0.39 is 8.07 Å². The molecule has 0 spiro atoms. The van der Waals surface area contributed by atoms with E-state index in [0.29, 0.717) is 11.1 Å². The van der Waals surface area contributed by atoms with Crippen LogP contribution in [0, 0.1) is 0 Å². The summed E-state index contributed by atoms with van der Waals surface area (Å²) >= 11 is 0. The minimum Gasteiger partial charge on any atom is -0.376 e. The first-order valence-corrected chi connectivity index (χ1v) is 25.1. The number of rotatable bonds is 17. The number of allylic oxidation sites excluding steroid dienone is 5. The van der Waals surface area contributed by atoms with Crippen molar-refractivity contribution < 1.29 is 9.47 Å². The zero-order valence-electron chi connectivity index (χ0n) is 36.5. The number of hydrogen-bond donors (Lipinski definition) is 0. The summed E-state index contributed by atoms with van der Waals surface area (Å²) in [5, 5.41) is 2.73. The van der Waals surface area contributed by atoms with Gasteiger partial charge in [-0.2, -0.15) is 0 Å². The van der Waals surface area contributed by atoms with Crippen molar-refractivity contribution in [2.24, 2.45) is 7.05 Å². The lowest BCUT2D eigenvalue weighted by atomic mass is 9.89. The molecule has 56 heavy (non-hydrogen) atoms. The lowest BCUT2D eigenvalue weighted by Gasteiger charge is -2.40. The van der Waals surface area contributed by atoms with Gasteiger partial charge in [-0.05, 0) is 151 Å². The van der Waals surface area contributed by atoms with Gasteiger partial charge in [-0.15, -0.1) is 0 Å². The molecule has 0 saturated carbocycles. The molecule has 0 N–H and O–H groups in total. The number of fused-ring (bicyclic) bond motifs is 5. The van der Waals surface area contributed by atoms with Crippen LogP contribution in [-0.2, 0) is 29.4 Å². The Kier molecular flexibility index (Phi) is 12.4. The molecule has 3 atom stereocenters. The summed E-state index contributed by atoms with van der Waals surface area (Å²) in [6, 6.07) is 20.3. The Hall–Kier alpha value is -3.18. The Labute approximate surface area is 340 Å². The smallest absolute Gasteiger partial charge is 0.0740 e. The topological polar surface area (TPSA) is 23.4 Å². The van der Waals surface area contributed by atoms with E-state index in [1.54, 1.807) is 27.8 Å². The standard InChI is InChI=1S/C52H71NO2Si/c1-37-33-45-46(35-39-22-20-24-42(39)49(45)40-27-29-48-44(36-40)43-23-15-16-25-47(43)53(48)8)50(37)56(9,32-19-13-12-18-31-55-52(5,6)7)41-28-26-38(34-41)21-14-10-11-17-30-54-51(2,3)4/h15-16,23,25-29,33-36,41,50H,10-14,17-22,24,30-32H2,1-9H3. The number of ether oxygens (including phenoxy) is 2. The quantitative estimate of drug-likeness (QED) is 0.0789. The molecule has 7 rings (SSSR count). The number of para-hydroxylation sites is 1. The van der Waals surface area contributed by atoms with Crippen molar-refractivity contribution in [3.8, 4) is 11.1 Å². The van der Waals surface area contributed by atoms with Gasteiger partial charge in [0.1, 0.15) is 0 Å². The second-order valence-corrected chi connectivity index (χ2v) is 24.5. The average Bonchev–Trinajstić information content (AvgIpc) is 3.94. The second-order valence-electron chi connectivity index (χ2n) is 19.8. The van der Waals surface area contributed by atoms with Crippen LogP contribution in [-0.4, -0.2) is 37.1 Å². The highest BCUT2D eigenvalue weighted by atomic mass is 28.3. The molecular formula is C52H71NO2Si. The SMILES string of the molecule is CC1=Cc2c(cc3c(c2-c2ccc4c(c2)c2ccccc2n4C)CCC3)C1[Si](C)(CCCCCCOC(C)(C)C)C1C=CC(CCCCCCOC(C)(C)C)=C1. The predicted octanol–water partition coefficient (Wildman–Crippen LogP) is 14.6. The van der Waals surface area contributed by atoms with Gasteiger partial charge >= 0.3 is 0 Å². The van der Waals surface area contributed by atoms with Crippen LogP contribution in [0.1, 0.15) is 140 Å². The third kappa shape index (κ3) is 8.93. The van der Waals surface area contributed by atoms with E-state index >= 15 is 0 Å². The lowest BCUT2D eigenvalue weighted by molar-refractivity contribution is -0.00509. The van der Waals surface area contributed by atoms with Gasteiger partial charge in [0.05, 0.1) is 19.3 Å². The minimum absolute atomic E-state index is 0.0353. The molecule has 0 amide bonds. The van der Waals surface area contributed by atoms with Gasteiger partial charge in [-0.3, -0.25) is 0 Å². The van der Waals surface area contributed by atoms with Crippen LogP contribution in [0.4, 0.5) is 0 Å². The van der Waals surface area contributed by atoms with Gasteiger partial charge in [0.2, 0.25) is 0 Å². The maximum atomic E-state index is 6.08. The molecular weight excluding hydrogens is 699 g/mol. The molecule has 1 heterocycles. The molecule has 0 saturated heterocycles. The van der Waals surface area contributed by atoms with Crippen molar-refractivity contribution in [1.82, 2.24) is 4.57 Å². The van der Waals surface area contributed by atoms with Crippen molar-refractivity contribution in [3.63, 3.8) is 0 Å². The third-order valence-corrected chi connectivity index (χ3v) is 18.6. The third-order valence-electron chi connectivity index (χ3n) is 13.2. The van der Waals surface area contributed by atoms with E-state index in [1.807, 2.05) is 0 Å². The molecule has 3 aromatic carbocycles. The van der Waals surface area contributed by atoms with Crippen LogP contribution in [0.5, 0.6) is 0 Å². The number of aryl methyl sites for hydroxylation is 2. The van der Waals surface area contributed by atoms with Crippen LogP contribution >= 0.6 is 0 Å². The molecule has 3 nitrogen and oxygen atoms in total. The zero-order chi connectivity index (χ0) is 39.7. The fourth-order valence-corrected chi connectivity index (χ4v) is 15.6. The molecule has 0 fully saturated rings. The van der Waals surface area contributed by atoms with Crippen molar-refractivity contribution >= 4 is 36.0 Å². The zero-order valence-corrected chi connectivity index (χ0v) is 37.5. The Morgan fingerprint density at radius 3 is 2.18 bits per heavy atom. The molecule has 0 radical (unpaired) electrons. The highest BCUT2D eigenvalue weighted by Gasteiger charge is 2.47. The van der Waals surface area contributed by atoms with Gasteiger partial charge in [0.15, 0.2) is 0 Å². The van der Waals surface area contributed by atoms with Crippen molar-refractivity contribution in [2.45, 2.75) is 160 Å². The minimum atomic E-state index is -1.94. The van der Waals surface area contributed by atoms with E-state index in [4.69, 9.17) is 9.47 Å². The fourth-order valence-electron chi connectivity index (χ4n) is 10.4. The van der Waals surface area contributed by atoms with Gasteiger partial charge in [0, 0.05) is 47.6 Å². The van der Waals surface area contributed by atoms with Gasteiger partial charge in [-0.25, -0.2) is 0 Å². The monoisotopic (exact) mass is 770 g/mol. The van der Waals surface area contributed by atoms with Crippen LogP contribution in [0.25, 0.3) is 39.0 Å². The van der Waals surface area contributed by atoms with Gasteiger partial charge in [0.25, 0.3) is 0 Å². The average molecular weight is 770 g/mol. The molecule has 3 aliphatic rings. The number of benzene rings is 3. The highest BCUT2D eigenvalue weighted by Crippen LogP contribution is 2.54. The van der Waals surface area contributed by atoms with Crippen LogP contribution in [0.2, 0.25) is 18.1 Å². The second kappa shape index (κ2) is 17.0. The molecule has 300 valence electrons. The lowest BCUT2D eigenvalue weighted by Crippen LogP contribution is -2.42. The number of hydrogen-bond acceptors (Lipinski definition) is 2. The normalized spacial score (nSPS) is 19.2. The summed E-state index contributed by atoms with van der Waals surface area (Å²) in [7, 11) is 0.278. The molecule has 3 aliphatic carbocycles. The first kappa shape index (κ1) is 41.0. The highest BCUT2D eigenvalue weighted by molar-refractivity contribution is 6.83. The molecule has 0 bridgehead atoms. The summed E-state index contributed by atoms with van der Waals surface area (Å²) in [5.41, 5.74) is 16.2. The molecule has 1 aromatic heterocycles. The number of unbranched alkanes of at least 4 members (excludes halogenated alkanes) is 6. The summed E-state index contributed by atoms with van der Waals surface area (Å²) in [4.78, 5) is 0. The van der Waals surface area contributed by atoms with Crippen LogP contribution in [0.15, 0.2) is 77.9 Å². The van der Waals surface area contributed by atoms with Crippen molar-refractivity contribution in [2.75, 3.05) is 13.2 Å².